The van der Waals surface area contributed by atoms with Crippen LogP contribution in [0.5, 0.6) is 0 Å². The van der Waals surface area contributed by atoms with Gasteiger partial charge in [0.15, 0.2) is 0 Å². The average molecular weight is 405 g/mol. The Balaban J connectivity index is 2.14. The minimum Gasteiger partial charge on any atom is -0.306 e. The molecule has 0 aromatic heterocycles. The Morgan fingerprint density at radius 1 is 1.05 bits per heavy atom. The molecule has 0 heterocycles. The van der Waals surface area contributed by atoms with Gasteiger partial charge >= 0.3 is 0 Å². The van der Waals surface area contributed by atoms with E-state index < -0.39 is 11.6 Å². The number of hydrogen-bond acceptors (Lipinski definition) is 1. The molecule has 106 valence electrons. The van der Waals surface area contributed by atoms with E-state index in [1.54, 1.807) is 0 Å². The zero-order valence-electron chi connectivity index (χ0n) is 10.8. The minimum atomic E-state index is -0.558. The predicted molar refractivity (Wildman–Crippen MR) is 83.5 cm³/mol. The summed E-state index contributed by atoms with van der Waals surface area (Å²) in [6, 6.07) is 10.4. The minimum absolute atomic E-state index is 0.0247. The largest absolute Gasteiger partial charge is 0.306 e. The van der Waals surface area contributed by atoms with E-state index in [0.717, 1.165) is 10.0 Å². The summed E-state index contributed by atoms with van der Waals surface area (Å²) in [7, 11) is 0. The van der Waals surface area contributed by atoms with Crippen molar-refractivity contribution in [3.63, 3.8) is 0 Å². The van der Waals surface area contributed by atoms with Crippen LogP contribution in [0.2, 0.25) is 0 Å². The Bertz CT molecular complexity index is 617. The maximum absolute atomic E-state index is 13.9. The normalized spacial score (nSPS) is 12.4. The summed E-state index contributed by atoms with van der Waals surface area (Å²) < 4.78 is 28.7. The molecule has 1 N–H and O–H groups in total. The highest BCUT2D eigenvalue weighted by molar-refractivity contribution is 9.10. The highest BCUT2D eigenvalue weighted by atomic mass is 79.9. The van der Waals surface area contributed by atoms with Crippen LogP contribution in [0.3, 0.4) is 0 Å². The van der Waals surface area contributed by atoms with E-state index >= 15 is 0 Å². The van der Waals surface area contributed by atoms with E-state index in [1.165, 1.54) is 12.1 Å². The van der Waals surface area contributed by atoms with Crippen molar-refractivity contribution >= 4 is 31.9 Å². The molecule has 0 fully saturated rings. The van der Waals surface area contributed by atoms with Gasteiger partial charge in [-0.15, -0.1) is 0 Å². The quantitative estimate of drug-likeness (QED) is 0.678. The van der Waals surface area contributed by atoms with Gasteiger partial charge in [-0.1, -0.05) is 34.1 Å². The molecule has 0 spiro atoms. The molecule has 0 saturated heterocycles. The van der Waals surface area contributed by atoms with Gasteiger partial charge < -0.3 is 5.32 Å². The number of hydrogen-bond donors (Lipinski definition) is 1. The fourth-order valence-electron chi connectivity index (χ4n) is 1.92. The molecule has 0 aliphatic heterocycles. The van der Waals surface area contributed by atoms with Gasteiger partial charge in [-0.25, -0.2) is 8.78 Å². The van der Waals surface area contributed by atoms with Crippen molar-refractivity contribution in [1.29, 1.82) is 0 Å². The molecule has 2 aromatic rings. The molecule has 1 atom stereocenters. The second-order valence-corrected chi connectivity index (χ2v) is 6.15. The Hall–Kier alpha value is -0.780. The lowest BCUT2D eigenvalue weighted by molar-refractivity contribution is 0.506. The van der Waals surface area contributed by atoms with Gasteiger partial charge in [-0.05, 0) is 46.6 Å². The molecule has 2 aromatic carbocycles. The van der Waals surface area contributed by atoms with Crippen LogP contribution in [-0.2, 0) is 6.54 Å². The molecule has 0 aliphatic rings. The van der Waals surface area contributed by atoms with Crippen molar-refractivity contribution in [3.05, 3.63) is 68.1 Å². The molecule has 0 unspecified atom stereocenters. The SMILES string of the molecule is C[C@H](NCc1c(F)ccc(Br)c1F)c1ccccc1Br. The van der Waals surface area contributed by atoms with Crippen molar-refractivity contribution in [2.45, 2.75) is 19.5 Å². The van der Waals surface area contributed by atoms with Crippen LogP contribution in [0.4, 0.5) is 8.78 Å². The molecule has 0 aliphatic carbocycles. The molecule has 1 nitrogen and oxygen atoms in total. The van der Waals surface area contributed by atoms with Gasteiger partial charge in [-0.2, -0.15) is 0 Å². The van der Waals surface area contributed by atoms with E-state index in [2.05, 4.69) is 37.2 Å². The highest BCUT2D eigenvalue weighted by Crippen LogP contribution is 2.25. The van der Waals surface area contributed by atoms with Gasteiger partial charge in [-0.3, -0.25) is 0 Å². The third kappa shape index (κ3) is 3.45. The summed E-state index contributed by atoms with van der Waals surface area (Å²) in [4.78, 5) is 0. The van der Waals surface area contributed by atoms with Crippen molar-refractivity contribution in [1.82, 2.24) is 5.32 Å². The Morgan fingerprint density at radius 3 is 2.45 bits per heavy atom. The monoisotopic (exact) mass is 403 g/mol. The molecular formula is C15H13Br2F2N. The van der Waals surface area contributed by atoms with Crippen LogP contribution in [-0.4, -0.2) is 0 Å². The third-order valence-electron chi connectivity index (χ3n) is 3.10. The van der Waals surface area contributed by atoms with Crippen LogP contribution < -0.4 is 5.32 Å². The van der Waals surface area contributed by atoms with E-state index in [-0.39, 0.29) is 22.6 Å². The summed E-state index contributed by atoms with van der Waals surface area (Å²) in [6.07, 6.45) is 0. The van der Waals surface area contributed by atoms with Gasteiger partial charge in [0, 0.05) is 22.6 Å². The zero-order chi connectivity index (χ0) is 14.7. The van der Waals surface area contributed by atoms with Crippen molar-refractivity contribution in [2.75, 3.05) is 0 Å². The van der Waals surface area contributed by atoms with Crippen LogP contribution in [0.25, 0.3) is 0 Å². The van der Waals surface area contributed by atoms with Crippen LogP contribution in [0.15, 0.2) is 45.3 Å². The van der Waals surface area contributed by atoms with Gasteiger partial charge in [0.2, 0.25) is 0 Å². The summed E-state index contributed by atoms with van der Waals surface area (Å²) in [6.45, 7) is 2.08. The molecule has 0 amide bonds. The smallest absolute Gasteiger partial charge is 0.144 e. The first-order chi connectivity index (χ1) is 9.50. The molecule has 0 radical (unpaired) electrons. The van der Waals surface area contributed by atoms with Gasteiger partial charge in [0.1, 0.15) is 11.6 Å². The van der Waals surface area contributed by atoms with Crippen LogP contribution >= 0.6 is 31.9 Å². The van der Waals surface area contributed by atoms with Gasteiger partial charge in [0.05, 0.1) is 4.47 Å². The predicted octanol–water partition coefficient (Wildman–Crippen LogP) is 5.34. The average Bonchev–Trinajstić information content (AvgIpc) is 2.43. The summed E-state index contributed by atoms with van der Waals surface area (Å²) >= 11 is 6.53. The fraction of sp³-hybridized carbons (Fsp3) is 0.200. The lowest BCUT2D eigenvalue weighted by atomic mass is 10.1. The molecule has 5 heteroatoms. The van der Waals surface area contributed by atoms with E-state index in [9.17, 15) is 8.78 Å². The lowest BCUT2D eigenvalue weighted by Crippen LogP contribution is -2.20. The number of rotatable bonds is 4. The molecular weight excluding hydrogens is 392 g/mol. The standard InChI is InChI=1S/C15H13Br2F2N/c1-9(10-4-2-3-5-12(10)16)20-8-11-14(18)7-6-13(17)15(11)19/h2-7,9,20H,8H2,1H3/t9-/m0/s1. The maximum Gasteiger partial charge on any atom is 0.144 e. The van der Waals surface area contributed by atoms with E-state index in [1.807, 2.05) is 31.2 Å². The summed E-state index contributed by atoms with van der Waals surface area (Å²) in [5.41, 5.74) is 1.08. The Morgan fingerprint density at radius 2 is 1.75 bits per heavy atom. The van der Waals surface area contributed by atoms with Crippen molar-refractivity contribution < 1.29 is 8.78 Å². The van der Waals surface area contributed by atoms with E-state index in [0.29, 0.717) is 0 Å². The van der Waals surface area contributed by atoms with Crippen molar-refractivity contribution in [2.24, 2.45) is 0 Å². The topological polar surface area (TPSA) is 12.0 Å². The molecule has 2 rings (SSSR count). The van der Waals surface area contributed by atoms with Crippen molar-refractivity contribution in [3.8, 4) is 0 Å². The van der Waals surface area contributed by atoms with Gasteiger partial charge in [0.25, 0.3) is 0 Å². The van der Waals surface area contributed by atoms with Crippen LogP contribution in [0.1, 0.15) is 24.1 Å². The summed E-state index contributed by atoms with van der Waals surface area (Å²) in [5, 5.41) is 3.13. The number of nitrogens with one attached hydrogen (secondary N) is 1. The Kier molecular flexibility index (Phi) is 5.29. The zero-order valence-corrected chi connectivity index (χ0v) is 13.9. The fourth-order valence-corrected chi connectivity index (χ4v) is 2.92. The second kappa shape index (κ2) is 6.78. The van der Waals surface area contributed by atoms with E-state index in [4.69, 9.17) is 0 Å². The van der Waals surface area contributed by atoms with Crippen LogP contribution in [0, 0.1) is 11.6 Å². The maximum atomic E-state index is 13.9. The lowest BCUT2D eigenvalue weighted by Gasteiger charge is -2.16. The molecule has 0 saturated carbocycles. The first-order valence-electron chi connectivity index (χ1n) is 6.11. The second-order valence-electron chi connectivity index (χ2n) is 4.45. The first-order valence-corrected chi connectivity index (χ1v) is 7.69. The third-order valence-corrected chi connectivity index (χ3v) is 4.43. The first kappa shape index (κ1) is 15.6. The molecule has 20 heavy (non-hydrogen) atoms. The molecule has 0 bridgehead atoms. The summed E-state index contributed by atoms with van der Waals surface area (Å²) in [5.74, 6) is -1.10. The Labute approximate surface area is 133 Å². The highest BCUT2D eigenvalue weighted by Gasteiger charge is 2.14. The number of halogens is 4. The number of benzene rings is 2.